The fraction of sp³-hybridized carbons (Fsp3) is 0.800. The Balaban J connectivity index is 0. The van der Waals surface area contributed by atoms with Gasteiger partial charge in [0.15, 0.2) is 0 Å². The number of likely N-dealkylation sites (tertiary alicyclic amines) is 1. The summed E-state index contributed by atoms with van der Waals surface area (Å²) in [4.78, 5) is 35.0. The zero-order valence-corrected chi connectivity index (χ0v) is 14.3. The number of nitrogens with zero attached hydrogens (tertiary/aromatic N) is 1. The van der Waals surface area contributed by atoms with Gasteiger partial charge in [-0.1, -0.05) is 27.2 Å². The quantitative estimate of drug-likeness (QED) is 0.466. The number of Topliss-reactive ketones (excluding diaryl/α,β-unsaturated/α-hetero) is 1. The molecule has 1 rings (SSSR count). The Hall–Kier alpha value is -0.840. The minimum Gasteiger partial charge on any atom is -0.300 e. The van der Waals surface area contributed by atoms with Crippen molar-refractivity contribution in [2.45, 2.75) is 59.8 Å². The first-order chi connectivity index (χ1) is 9.52. The van der Waals surface area contributed by atoms with E-state index in [4.69, 9.17) is 0 Å². The molecule has 0 aliphatic carbocycles. The van der Waals surface area contributed by atoms with E-state index in [1.165, 1.54) is 4.90 Å². The molecule has 20 heavy (non-hydrogen) atoms. The fourth-order valence-electron chi connectivity index (χ4n) is 1.90. The maximum Gasteiger partial charge on any atom is 0.232 e. The highest BCUT2D eigenvalue weighted by atomic mass is 32.1. The molecule has 0 aromatic carbocycles. The van der Waals surface area contributed by atoms with Crippen LogP contribution in [0.1, 0.15) is 59.8 Å². The van der Waals surface area contributed by atoms with Gasteiger partial charge in [0.05, 0.1) is 0 Å². The third-order valence-electron chi connectivity index (χ3n) is 2.88. The lowest BCUT2D eigenvalue weighted by Gasteiger charge is -2.13. The molecular formula is C15H29NO3S. The van der Waals surface area contributed by atoms with E-state index in [0.717, 1.165) is 19.3 Å². The molecule has 1 aliphatic heterocycles. The fourth-order valence-corrected chi connectivity index (χ4v) is 1.90. The molecule has 0 N–H and O–H groups in total. The second kappa shape index (κ2) is 13.2. The summed E-state index contributed by atoms with van der Waals surface area (Å²) in [6.45, 7) is 7.88. The standard InChI is InChI=1S/C12H19NO3.C2H6.CH4S/c1-9-8-11(15)13(12(9)16)7-5-3-4-6-10(2)14;2*1-2/h9H,3-8H2,1-2H3;1-2H3;2H,1H3. The van der Waals surface area contributed by atoms with Gasteiger partial charge in [-0.2, -0.15) is 12.6 Å². The van der Waals surface area contributed by atoms with Crippen LogP contribution in [0.15, 0.2) is 0 Å². The molecule has 0 aromatic rings. The highest BCUT2D eigenvalue weighted by Gasteiger charge is 2.34. The topological polar surface area (TPSA) is 54.5 Å². The van der Waals surface area contributed by atoms with Crippen LogP contribution in [0.25, 0.3) is 0 Å². The molecule has 5 heteroatoms. The lowest BCUT2D eigenvalue weighted by Crippen LogP contribution is -2.31. The van der Waals surface area contributed by atoms with Gasteiger partial charge < -0.3 is 4.79 Å². The van der Waals surface area contributed by atoms with Gasteiger partial charge in [-0.05, 0) is 26.0 Å². The zero-order chi connectivity index (χ0) is 16.1. The number of thiol groups is 1. The Morgan fingerprint density at radius 3 is 2.15 bits per heavy atom. The van der Waals surface area contributed by atoms with Crippen molar-refractivity contribution in [3.05, 3.63) is 0 Å². The van der Waals surface area contributed by atoms with Crippen molar-refractivity contribution in [1.29, 1.82) is 0 Å². The minimum atomic E-state index is -0.148. The van der Waals surface area contributed by atoms with Crippen molar-refractivity contribution in [3.63, 3.8) is 0 Å². The largest absolute Gasteiger partial charge is 0.300 e. The van der Waals surface area contributed by atoms with E-state index in [1.807, 2.05) is 13.8 Å². The van der Waals surface area contributed by atoms with E-state index in [1.54, 1.807) is 20.1 Å². The van der Waals surface area contributed by atoms with Crippen molar-refractivity contribution in [2.24, 2.45) is 5.92 Å². The van der Waals surface area contributed by atoms with Gasteiger partial charge in [-0.15, -0.1) is 0 Å². The first-order valence-electron chi connectivity index (χ1n) is 7.30. The van der Waals surface area contributed by atoms with Crippen LogP contribution in [0.5, 0.6) is 0 Å². The average Bonchev–Trinajstić information content (AvgIpc) is 2.68. The number of hydrogen-bond acceptors (Lipinski definition) is 4. The molecule has 0 radical (unpaired) electrons. The lowest BCUT2D eigenvalue weighted by molar-refractivity contribution is -0.139. The van der Waals surface area contributed by atoms with Gasteiger partial charge in [0.1, 0.15) is 5.78 Å². The van der Waals surface area contributed by atoms with Crippen LogP contribution >= 0.6 is 12.6 Å². The normalized spacial score (nSPS) is 17.1. The lowest BCUT2D eigenvalue weighted by atomic mass is 10.1. The smallest absolute Gasteiger partial charge is 0.232 e. The second-order valence-electron chi connectivity index (χ2n) is 4.50. The zero-order valence-electron chi connectivity index (χ0n) is 13.4. The van der Waals surface area contributed by atoms with E-state index < -0.39 is 0 Å². The first-order valence-corrected chi connectivity index (χ1v) is 8.20. The Bertz CT molecular complexity index is 305. The van der Waals surface area contributed by atoms with Crippen LogP contribution in [0, 0.1) is 5.92 Å². The van der Waals surface area contributed by atoms with E-state index in [2.05, 4.69) is 12.6 Å². The number of ketones is 1. The maximum atomic E-state index is 11.5. The summed E-state index contributed by atoms with van der Waals surface area (Å²) in [5.41, 5.74) is 0. The first kappa shape index (κ1) is 21.5. The molecule has 0 spiro atoms. The molecule has 0 saturated carbocycles. The van der Waals surface area contributed by atoms with Crippen LogP contribution in [0.3, 0.4) is 0 Å². The molecule has 118 valence electrons. The van der Waals surface area contributed by atoms with Gasteiger partial charge in [-0.25, -0.2) is 0 Å². The maximum absolute atomic E-state index is 11.5. The summed E-state index contributed by atoms with van der Waals surface area (Å²) in [5.74, 6) is -0.0488. The number of hydrogen-bond donors (Lipinski definition) is 1. The van der Waals surface area contributed by atoms with Gasteiger partial charge in [0, 0.05) is 25.3 Å². The summed E-state index contributed by atoms with van der Waals surface area (Å²) in [6, 6.07) is 0. The van der Waals surface area contributed by atoms with Crippen molar-refractivity contribution >= 4 is 30.2 Å². The summed E-state index contributed by atoms with van der Waals surface area (Å²) < 4.78 is 0. The van der Waals surface area contributed by atoms with Crippen LogP contribution in [-0.2, 0) is 14.4 Å². The summed E-state index contributed by atoms with van der Waals surface area (Å²) in [7, 11) is 0. The number of amides is 2. The molecule has 1 saturated heterocycles. The summed E-state index contributed by atoms with van der Waals surface area (Å²) >= 11 is 3.53. The number of imide groups is 1. The van der Waals surface area contributed by atoms with E-state index in [0.29, 0.717) is 19.4 Å². The van der Waals surface area contributed by atoms with Gasteiger partial charge >= 0.3 is 0 Å². The molecule has 1 atom stereocenters. The Morgan fingerprint density at radius 2 is 1.75 bits per heavy atom. The van der Waals surface area contributed by atoms with Crippen LogP contribution in [-0.4, -0.2) is 35.3 Å². The van der Waals surface area contributed by atoms with Gasteiger partial charge in [0.2, 0.25) is 11.8 Å². The molecule has 0 bridgehead atoms. The molecule has 4 nitrogen and oxygen atoms in total. The minimum absolute atomic E-state index is 0.0448. The monoisotopic (exact) mass is 303 g/mol. The molecule has 2 amide bonds. The number of carbonyl (C=O) groups excluding carboxylic acids is 3. The highest BCUT2D eigenvalue weighted by Crippen LogP contribution is 2.19. The number of unbranched alkanes of at least 4 members (excludes halogenated alkanes) is 2. The van der Waals surface area contributed by atoms with Crippen LogP contribution in [0.2, 0.25) is 0 Å². The summed E-state index contributed by atoms with van der Waals surface area (Å²) in [6.07, 6.45) is 5.19. The van der Waals surface area contributed by atoms with Crippen molar-refractivity contribution in [2.75, 3.05) is 12.8 Å². The predicted molar refractivity (Wildman–Crippen MR) is 85.9 cm³/mol. The molecule has 1 heterocycles. The Kier molecular flexibility index (Phi) is 14.1. The second-order valence-corrected chi connectivity index (χ2v) is 4.50. The predicted octanol–water partition coefficient (Wildman–Crippen LogP) is 3.10. The molecule has 1 fully saturated rings. The SMILES string of the molecule is CC.CC(=O)CCCCCN1C(=O)CC(C)C1=O.CS. The molecule has 0 aromatic heterocycles. The number of rotatable bonds is 6. The highest BCUT2D eigenvalue weighted by molar-refractivity contribution is 7.79. The molecule has 1 aliphatic rings. The van der Waals surface area contributed by atoms with Crippen molar-refractivity contribution in [1.82, 2.24) is 4.90 Å². The Morgan fingerprint density at radius 1 is 1.20 bits per heavy atom. The molecular weight excluding hydrogens is 274 g/mol. The van der Waals surface area contributed by atoms with E-state index in [9.17, 15) is 14.4 Å². The van der Waals surface area contributed by atoms with Crippen LogP contribution < -0.4 is 0 Å². The van der Waals surface area contributed by atoms with Crippen molar-refractivity contribution in [3.8, 4) is 0 Å². The van der Waals surface area contributed by atoms with Gasteiger partial charge in [0.25, 0.3) is 0 Å². The number of carbonyl (C=O) groups is 3. The summed E-state index contributed by atoms with van der Waals surface area (Å²) in [5, 5.41) is 0. The van der Waals surface area contributed by atoms with Gasteiger partial charge in [-0.3, -0.25) is 14.5 Å². The third-order valence-corrected chi connectivity index (χ3v) is 2.88. The van der Waals surface area contributed by atoms with Crippen molar-refractivity contribution < 1.29 is 14.4 Å². The molecule has 1 unspecified atom stereocenters. The van der Waals surface area contributed by atoms with E-state index >= 15 is 0 Å². The average molecular weight is 303 g/mol. The Labute approximate surface area is 128 Å². The van der Waals surface area contributed by atoms with E-state index in [-0.39, 0.29) is 23.5 Å². The third kappa shape index (κ3) is 8.35. The van der Waals surface area contributed by atoms with Crippen LogP contribution in [0.4, 0.5) is 0 Å².